The minimum Gasteiger partial charge on any atom is -0.389 e. The monoisotopic (exact) mass is 209 g/mol. The summed E-state index contributed by atoms with van der Waals surface area (Å²) in [7, 11) is 0. The van der Waals surface area contributed by atoms with Gasteiger partial charge in [0, 0.05) is 12.5 Å². The van der Waals surface area contributed by atoms with Crippen LogP contribution in [0.3, 0.4) is 0 Å². The molecule has 1 saturated heterocycles. The molecule has 1 fully saturated rings. The lowest BCUT2D eigenvalue weighted by atomic mass is 9.79. The smallest absolute Gasteiger partial charge is 0.126 e. The van der Waals surface area contributed by atoms with Gasteiger partial charge in [0.1, 0.15) is 5.82 Å². The van der Waals surface area contributed by atoms with E-state index in [0.29, 0.717) is 18.5 Å². The van der Waals surface area contributed by atoms with Crippen LogP contribution in [0.4, 0.5) is 4.39 Å². The molecule has 2 atom stereocenters. The molecule has 1 aromatic carbocycles. The summed E-state index contributed by atoms with van der Waals surface area (Å²) in [5.41, 5.74) is -0.206. The molecule has 1 aliphatic heterocycles. The summed E-state index contributed by atoms with van der Waals surface area (Å²) in [5, 5.41) is 13.4. The van der Waals surface area contributed by atoms with Crippen LogP contribution in [-0.2, 0) is 0 Å². The maximum absolute atomic E-state index is 13.6. The van der Waals surface area contributed by atoms with E-state index < -0.39 is 5.60 Å². The van der Waals surface area contributed by atoms with Crippen molar-refractivity contribution in [2.45, 2.75) is 24.9 Å². The Labute approximate surface area is 89.1 Å². The van der Waals surface area contributed by atoms with Gasteiger partial charge in [0.2, 0.25) is 0 Å². The number of hydrogen-bond donors (Lipinski definition) is 2. The second kappa shape index (κ2) is 3.91. The van der Waals surface area contributed by atoms with Crippen molar-refractivity contribution < 1.29 is 9.50 Å². The van der Waals surface area contributed by atoms with Gasteiger partial charge in [-0.25, -0.2) is 4.39 Å². The van der Waals surface area contributed by atoms with Gasteiger partial charge in [-0.3, -0.25) is 0 Å². The Hall–Kier alpha value is -0.930. The van der Waals surface area contributed by atoms with Crippen LogP contribution < -0.4 is 5.32 Å². The van der Waals surface area contributed by atoms with Gasteiger partial charge in [-0.2, -0.15) is 0 Å². The first kappa shape index (κ1) is 10.6. The molecule has 3 heteroatoms. The quantitative estimate of drug-likeness (QED) is 0.737. The molecule has 0 aliphatic carbocycles. The highest BCUT2D eigenvalue weighted by atomic mass is 19.1. The van der Waals surface area contributed by atoms with Crippen molar-refractivity contribution in [2.75, 3.05) is 13.1 Å². The van der Waals surface area contributed by atoms with Gasteiger partial charge in [-0.05, 0) is 31.5 Å². The zero-order chi connectivity index (χ0) is 10.9. The standard InChI is InChI=1S/C12H16FNO/c1-12(15)6-7-14-8-10(12)9-4-2-3-5-11(9)13/h2-5,10,14-15H,6-8H2,1H3. The number of nitrogens with one attached hydrogen (secondary N) is 1. The van der Waals surface area contributed by atoms with Crippen LogP contribution in [0.5, 0.6) is 0 Å². The molecule has 1 aromatic rings. The van der Waals surface area contributed by atoms with Crippen LogP contribution in [0.25, 0.3) is 0 Å². The minimum atomic E-state index is -0.812. The molecule has 0 amide bonds. The average Bonchev–Trinajstić information content (AvgIpc) is 2.19. The lowest BCUT2D eigenvalue weighted by Crippen LogP contribution is -2.46. The fraction of sp³-hybridized carbons (Fsp3) is 0.500. The number of rotatable bonds is 1. The van der Waals surface area contributed by atoms with Gasteiger partial charge in [0.25, 0.3) is 0 Å². The van der Waals surface area contributed by atoms with Gasteiger partial charge < -0.3 is 10.4 Å². The maximum atomic E-state index is 13.6. The summed E-state index contributed by atoms with van der Waals surface area (Å²) in [6.45, 7) is 3.21. The molecule has 2 unspecified atom stereocenters. The van der Waals surface area contributed by atoms with Crippen molar-refractivity contribution in [3.8, 4) is 0 Å². The number of piperidine rings is 1. The number of hydrogen-bond acceptors (Lipinski definition) is 2. The van der Waals surface area contributed by atoms with E-state index in [1.54, 1.807) is 19.1 Å². The predicted molar refractivity (Wildman–Crippen MR) is 57.3 cm³/mol. The minimum absolute atomic E-state index is 0.160. The van der Waals surface area contributed by atoms with Gasteiger partial charge in [0.15, 0.2) is 0 Å². The molecular formula is C12H16FNO. The van der Waals surface area contributed by atoms with Crippen LogP contribution in [0.2, 0.25) is 0 Å². The van der Waals surface area contributed by atoms with E-state index in [-0.39, 0.29) is 11.7 Å². The second-order valence-electron chi connectivity index (χ2n) is 4.39. The molecular weight excluding hydrogens is 193 g/mol. The van der Waals surface area contributed by atoms with Gasteiger partial charge in [-0.15, -0.1) is 0 Å². The normalized spacial score (nSPS) is 31.5. The zero-order valence-electron chi connectivity index (χ0n) is 8.83. The molecule has 1 aliphatic rings. The Balaban J connectivity index is 2.33. The van der Waals surface area contributed by atoms with Crippen molar-refractivity contribution in [1.29, 1.82) is 0 Å². The van der Waals surface area contributed by atoms with E-state index >= 15 is 0 Å². The van der Waals surface area contributed by atoms with Crippen LogP contribution in [0.1, 0.15) is 24.8 Å². The first-order valence-electron chi connectivity index (χ1n) is 5.29. The summed E-state index contributed by atoms with van der Waals surface area (Å²) in [6, 6.07) is 6.67. The lowest BCUT2D eigenvalue weighted by molar-refractivity contribution is 0.00673. The highest BCUT2D eigenvalue weighted by Gasteiger charge is 2.36. The first-order valence-corrected chi connectivity index (χ1v) is 5.29. The highest BCUT2D eigenvalue weighted by molar-refractivity contribution is 5.25. The first-order chi connectivity index (χ1) is 7.11. The number of halogens is 1. The van der Waals surface area contributed by atoms with E-state index in [4.69, 9.17) is 0 Å². The summed E-state index contributed by atoms with van der Waals surface area (Å²) in [4.78, 5) is 0. The third-order valence-electron chi connectivity index (χ3n) is 3.19. The third kappa shape index (κ3) is 2.03. The molecule has 15 heavy (non-hydrogen) atoms. The van der Waals surface area contributed by atoms with E-state index in [2.05, 4.69) is 5.32 Å². The van der Waals surface area contributed by atoms with Crippen LogP contribution in [0, 0.1) is 5.82 Å². The van der Waals surface area contributed by atoms with Crippen molar-refractivity contribution in [3.63, 3.8) is 0 Å². The Morgan fingerprint density at radius 2 is 2.20 bits per heavy atom. The van der Waals surface area contributed by atoms with Crippen LogP contribution in [-0.4, -0.2) is 23.8 Å². The predicted octanol–water partition coefficient (Wildman–Crippen LogP) is 1.65. The van der Waals surface area contributed by atoms with Crippen molar-refractivity contribution in [3.05, 3.63) is 35.6 Å². The van der Waals surface area contributed by atoms with Crippen molar-refractivity contribution in [2.24, 2.45) is 0 Å². The molecule has 2 nitrogen and oxygen atoms in total. The molecule has 82 valence electrons. The Morgan fingerprint density at radius 3 is 2.87 bits per heavy atom. The lowest BCUT2D eigenvalue weighted by Gasteiger charge is -2.38. The Morgan fingerprint density at radius 1 is 1.47 bits per heavy atom. The highest BCUT2D eigenvalue weighted by Crippen LogP contribution is 2.33. The van der Waals surface area contributed by atoms with Gasteiger partial charge in [0.05, 0.1) is 5.60 Å². The molecule has 2 rings (SSSR count). The third-order valence-corrected chi connectivity index (χ3v) is 3.19. The number of aliphatic hydroxyl groups is 1. The SMILES string of the molecule is CC1(O)CCNCC1c1ccccc1F. The topological polar surface area (TPSA) is 32.3 Å². The van der Waals surface area contributed by atoms with Crippen LogP contribution >= 0.6 is 0 Å². The fourth-order valence-corrected chi connectivity index (χ4v) is 2.18. The molecule has 0 saturated carbocycles. The molecule has 0 radical (unpaired) electrons. The molecule has 0 aromatic heterocycles. The molecule has 2 N–H and O–H groups in total. The summed E-state index contributed by atoms with van der Waals surface area (Å²) in [5.74, 6) is -0.390. The second-order valence-corrected chi connectivity index (χ2v) is 4.39. The van der Waals surface area contributed by atoms with Crippen LogP contribution in [0.15, 0.2) is 24.3 Å². The van der Waals surface area contributed by atoms with Crippen molar-refractivity contribution >= 4 is 0 Å². The fourth-order valence-electron chi connectivity index (χ4n) is 2.18. The van der Waals surface area contributed by atoms with Gasteiger partial charge in [-0.1, -0.05) is 18.2 Å². The maximum Gasteiger partial charge on any atom is 0.126 e. The van der Waals surface area contributed by atoms with Crippen molar-refractivity contribution in [1.82, 2.24) is 5.32 Å². The summed E-state index contributed by atoms with van der Waals surface area (Å²) in [6.07, 6.45) is 0.659. The Bertz CT molecular complexity index is 351. The zero-order valence-corrected chi connectivity index (χ0v) is 8.83. The average molecular weight is 209 g/mol. The summed E-state index contributed by atoms with van der Waals surface area (Å²) >= 11 is 0. The van der Waals surface area contributed by atoms with Gasteiger partial charge >= 0.3 is 0 Å². The number of benzene rings is 1. The Kier molecular flexibility index (Phi) is 2.76. The van der Waals surface area contributed by atoms with E-state index in [1.807, 2.05) is 6.07 Å². The van der Waals surface area contributed by atoms with E-state index in [1.165, 1.54) is 6.07 Å². The largest absolute Gasteiger partial charge is 0.389 e. The molecule has 0 bridgehead atoms. The van der Waals surface area contributed by atoms with E-state index in [9.17, 15) is 9.50 Å². The molecule has 0 spiro atoms. The van der Waals surface area contributed by atoms with E-state index in [0.717, 1.165) is 6.54 Å². The summed E-state index contributed by atoms with van der Waals surface area (Å²) < 4.78 is 13.6. The molecule has 1 heterocycles.